The largest absolute Gasteiger partial charge is 0.322 e. The van der Waals surface area contributed by atoms with E-state index in [4.69, 9.17) is 0 Å². The van der Waals surface area contributed by atoms with E-state index in [0.29, 0.717) is 12.1 Å². The molecule has 0 atom stereocenters. The van der Waals surface area contributed by atoms with Crippen LogP contribution in [0.2, 0.25) is 0 Å². The van der Waals surface area contributed by atoms with E-state index in [1.807, 2.05) is 30.3 Å². The molecule has 3 aromatic carbocycles. The van der Waals surface area contributed by atoms with Crippen molar-refractivity contribution in [1.82, 2.24) is 10.2 Å². The second-order valence-electron chi connectivity index (χ2n) is 7.76. The number of hydrogen-bond acceptors (Lipinski definition) is 5. The molecule has 0 saturated heterocycles. The van der Waals surface area contributed by atoms with Crippen molar-refractivity contribution in [3.8, 4) is 0 Å². The maximum Gasteiger partial charge on any atom is 0.261 e. The minimum Gasteiger partial charge on any atom is -0.322 e. The molecule has 0 spiro atoms. The van der Waals surface area contributed by atoms with Crippen LogP contribution in [0.4, 0.5) is 5.69 Å². The van der Waals surface area contributed by atoms with Crippen molar-refractivity contribution in [1.29, 1.82) is 0 Å². The van der Waals surface area contributed by atoms with E-state index in [2.05, 4.69) is 10.6 Å². The predicted octanol–water partition coefficient (Wildman–Crippen LogP) is 2.66. The van der Waals surface area contributed by atoms with Gasteiger partial charge in [0.25, 0.3) is 29.5 Å². The molecule has 0 saturated carbocycles. The normalized spacial score (nSPS) is 14.2. The van der Waals surface area contributed by atoms with Crippen molar-refractivity contribution < 1.29 is 24.0 Å². The molecule has 162 valence electrons. The summed E-state index contributed by atoms with van der Waals surface area (Å²) in [6.45, 7) is 0.244. The Bertz CT molecular complexity index is 1360. The molecule has 5 rings (SSSR count). The lowest BCUT2D eigenvalue weighted by atomic mass is 10.0. The molecule has 0 bridgehead atoms. The maximum absolute atomic E-state index is 12.9. The summed E-state index contributed by atoms with van der Waals surface area (Å²) in [6, 6.07) is 18.3. The lowest BCUT2D eigenvalue weighted by Crippen LogP contribution is -2.31. The van der Waals surface area contributed by atoms with Gasteiger partial charge in [0.1, 0.15) is 0 Å². The van der Waals surface area contributed by atoms with Gasteiger partial charge in [-0.25, -0.2) is 0 Å². The summed E-state index contributed by atoms with van der Waals surface area (Å²) in [7, 11) is 0. The Morgan fingerprint density at radius 2 is 1.45 bits per heavy atom. The number of carbonyl (C=O) groups excluding carboxylic acids is 5. The van der Waals surface area contributed by atoms with Gasteiger partial charge in [0.05, 0.1) is 22.3 Å². The summed E-state index contributed by atoms with van der Waals surface area (Å²) < 4.78 is 0. The van der Waals surface area contributed by atoms with Crippen molar-refractivity contribution in [3.63, 3.8) is 0 Å². The molecule has 0 aliphatic carbocycles. The number of nitrogens with zero attached hydrogens (tertiary/aromatic N) is 1. The molecule has 5 amide bonds. The Labute approximate surface area is 188 Å². The van der Waals surface area contributed by atoms with Gasteiger partial charge in [0.15, 0.2) is 0 Å². The Balaban J connectivity index is 1.33. The van der Waals surface area contributed by atoms with Gasteiger partial charge in [-0.3, -0.25) is 34.2 Å². The third-order valence-electron chi connectivity index (χ3n) is 5.69. The molecular formula is C25H17N3O5. The lowest BCUT2D eigenvalue weighted by molar-refractivity contribution is 0.0655. The van der Waals surface area contributed by atoms with Gasteiger partial charge in [-0.1, -0.05) is 30.3 Å². The highest BCUT2D eigenvalue weighted by molar-refractivity contribution is 6.23. The van der Waals surface area contributed by atoms with Gasteiger partial charge in [0, 0.05) is 17.8 Å². The number of nitrogens with one attached hydrogen (secondary N) is 2. The van der Waals surface area contributed by atoms with Gasteiger partial charge < -0.3 is 5.32 Å². The zero-order valence-electron chi connectivity index (χ0n) is 17.3. The highest BCUT2D eigenvalue weighted by Crippen LogP contribution is 2.25. The van der Waals surface area contributed by atoms with Crippen molar-refractivity contribution in [2.24, 2.45) is 0 Å². The second kappa shape index (κ2) is 7.83. The molecule has 0 fully saturated rings. The summed E-state index contributed by atoms with van der Waals surface area (Å²) in [5.41, 5.74) is 2.41. The molecule has 0 unspecified atom stereocenters. The predicted molar refractivity (Wildman–Crippen MR) is 118 cm³/mol. The number of rotatable bonds is 5. The van der Waals surface area contributed by atoms with Gasteiger partial charge in [0.2, 0.25) is 0 Å². The standard InChI is InChI=1S/C25H17N3O5/c29-21(26-16-7-9-17-19(13-16)23(31)27-22(17)30)15-6-8-18-20(12-15)25(33)28(24(18)32)11-10-14-4-2-1-3-5-14/h1-9,12-13H,10-11H2,(H,26,29)(H,27,30,31). The van der Waals surface area contributed by atoms with Crippen molar-refractivity contribution >= 4 is 35.2 Å². The van der Waals surface area contributed by atoms with Gasteiger partial charge in [-0.2, -0.15) is 0 Å². The van der Waals surface area contributed by atoms with E-state index in [9.17, 15) is 24.0 Å². The topological polar surface area (TPSA) is 113 Å². The highest BCUT2D eigenvalue weighted by Gasteiger charge is 2.35. The van der Waals surface area contributed by atoms with E-state index in [1.165, 1.54) is 41.3 Å². The fraction of sp³-hybridized carbons (Fsp3) is 0.0800. The van der Waals surface area contributed by atoms with Crippen LogP contribution in [0.1, 0.15) is 57.4 Å². The molecule has 0 radical (unpaired) electrons. The summed E-state index contributed by atoms with van der Waals surface area (Å²) >= 11 is 0. The maximum atomic E-state index is 12.9. The van der Waals surface area contributed by atoms with Crippen molar-refractivity contribution in [3.05, 3.63) is 100 Å². The number of imide groups is 2. The smallest absolute Gasteiger partial charge is 0.261 e. The first-order chi connectivity index (χ1) is 15.9. The Kier molecular flexibility index (Phi) is 4.82. The monoisotopic (exact) mass is 439 g/mol. The Morgan fingerprint density at radius 1 is 0.758 bits per heavy atom. The molecule has 2 N–H and O–H groups in total. The van der Waals surface area contributed by atoms with Crippen LogP contribution in [0.15, 0.2) is 66.7 Å². The number of carbonyl (C=O) groups is 5. The minimum absolute atomic E-state index is 0.180. The zero-order chi connectivity index (χ0) is 23.1. The van der Waals surface area contributed by atoms with E-state index >= 15 is 0 Å². The number of hydrogen-bond donors (Lipinski definition) is 2. The summed E-state index contributed by atoms with van der Waals surface area (Å²) in [5, 5.41) is 4.85. The quantitative estimate of drug-likeness (QED) is 0.594. The molecule has 8 heteroatoms. The van der Waals surface area contributed by atoms with Crippen LogP contribution in [0.25, 0.3) is 0 Å². The molecule has 2 aliphatic heterocycles. The first-order valence-electron chi connectivity index (χ1n) is 10.3. The minimum atomic E-state index is -0.525. The SMILES string of the molecule is O=C(Nc1ccc2c(c1)C(=O)NC2=O)c1ccc2c(c1)C(=O)N(CCc1ccccc1)C2=O. The zero-order valence-corrected chi connectivity index (χ0v) is 17.3. The average Bonchev–Trinajstić information content (AvgIpc) is 3.24. The van der Waals surface area contributed by atoms with Crippen LogP contribution < -0.4 is 10.6 Å². The van der Waals surface area contributed by atoms with Crippen molar-refractivity contribution in [2.75, 3.05) is 11.9 Å². The van der Waals surface area contributed by atoms with Gasteiger partial charge in [-0.05, 0) is 48.4 Å². The van der Waals surface area contributed by atoms with E-state index < -0.39 is 23.6 Å². The summed E-state index contributed by atoms with van der Waals surface area (Å²) in [6.07, 6.45) is 0.536. The molecule has 0 aromatic heterocycles. The van der Waals surface area contributed by atoms with Crippen LogP contribution in [0.5, 0.6) is 0 Å². The van der Waals surface area contributed by atoms with Crippen LogP contribution in [0, 0.1) is 0 Å². The summed E-state index contributed by atoms with van der Waals surface area (Å²) in [4.78, 5) is 63.0. The number of fused-ring (bicyclic) bond motifs is 2. The summed E-state index contributed by atoms with van der Waals surface area (Å²) in [5.74, 6) is -2.33. The molecule has 8 nitrogen and oxygen atoms in total. The van der Waals surface area contributed by atoms with Gasteiger partial charge in [-0.15, -0.1) is 0 Å². The van der Waals surface area contributed by atoms with E-state index in [1.54, 1.807) is 0 Å². The second-order valence-corrected chi connectivity index (χ2v) is 7.76. The fourth-order valence-corrected chi connectivity index (χ4v) is 3.97. The van der Waals surface area contributed by atoms with Crippen LogP contribution in [-0.2, 0) is 6.42 Å². The highest BCUT2D eigenvalue weighted by atomic mass is 16.2. The van der Waals surface area contributed by atoms with Crippen LogP contribution in [-0.4, -0.2) is 41.0 Å². The molecule has 3 aromatic rings. The van der Waals surface area contributed by atoms with E-state index in [0.717, 1.165) is 5.56 Å². The molecule has 33 heavy (non-hydrogen) atoms. The van der Waals surface area contributed by atoms with Crippen LogP contribution in [0.3, 0.4) is 0 Å². The molecular weight excluding hydrogens is 422 g/mol. The van der Waals surface area contributed by atoms with Gasteiger partial charge >= 0.3 is 0 Å². The first kappa shape index (κ1) is 20.3. The molecule has 2 aliphatic rings. The first-order valence-corrected chi connectivity index (χ1v) is 10.3. The third kappa shape index (κ3) is 3.57. The van der Waals surface area contributed by atoms with E-state index in [-0.39, 0.29) is 40.3 Å². The Hall–Kier alpha value is -4.59. The number of benzene rings is 3. The van der Waals surface area contributed by atoms with Crippen LogP contribution >= 0.6 is 0 Å². The third-order valence-corrected chi connectivity index (χ3v) is 5.69. The molecule has 2 heterocycles. The average molecular weight is 439 g/mol. The fourth-order valence-electron chi connectivity index (χ4n) is 3.97. The number of anilines is 1. The van der Waals surface area contributed by atoms with Crippen molar-refractivity contribution in [2.45, 2.75) is 6.42 Å². The lowest BCUT2D eigenvalue weighted by Gasteiger charge is -2.13. The number of amides is 5. The Morgan fingerprint density at radius 3 is 2.24 bits per heavy atom.